The summed E-state index contributed by atoms with van der Waals surface area (Å²) in [4.78, 5) is 0. The molecule has 0 bridgehead atoms. The lowest BCUT2D eigenvalue weighted by Gasteiger charge is -2.16. The molecule has 1 aromatic rings. The van der Waals surface area contributed by atoms with Crippen molar-refractivity contribution in [2.75, 3.05) is 5.73 Å². The van der Waals surface area contributed by atoms with E-state index in [9.17, 15) is 22.0 Å². The molecular formula is C8H5ClF5NO2. The maximum atomic E-state index is 12.0. The van der Waals surface area contributed by atoms with Gasteiger partial charge in [0.25, 0.3) is 0 Å². The van der Waals surface area contributed by atoms with Crippen molar-refractivity contribution in [3.63, 3.8) is 0 Å². The molecule has 0 saturated carbocycles. The molecule has 0 radical (unpaired) electrons. The van der Waals surface area contributed by atoms with Gasteiger partial charge < -0.3 is 15.2 Å². The van der Waals surface area contributed by atoms with Gasteiger partial charge in [0.1, 0.15) is 0 Å². The van der Waals surface area contributed by atoms with Crippen LogP contribution in [-0.2, 0) is 0 Å². The van der Waals surface area contributed by atoms with E-state index in [-0.39, 0.29) is 0 Å². The molecule has 0 aliphatic carbocycles. The Kier molecular flexibility index (Phi) is 3.87. The van der Waals surface area contributed by atoms with Gasteiger partial charge in [-0.05, 0) is 12.1 Å². The lowest BCUT2D eigenvalue weighted by atomic mass is 10.3. The molecule has 0 unspecified atom stereocenters. The molecule has 1 rings (SSSR count). The van der Waals surface area contributed by atoms with E-state index in [0.717, 1.165) is 12.1 Å². The van der Waals surface area contributed by atoms with Crippen LogP contribution in [0.15, 0.2) is 12.1 Å². The van der Waals surface area contributed by atoms with Crippen LogP contribution >= 0.6 is 11.6 Å². The Hall–Kier alpha value is -1.44. The van der Waals surface area contributed by atoms with Crippen LogP contribution in [0.25, 0.3) is 0 Å². The normalized spacial score (nSPS) is 11.7. The zero-order chi connectivity index (χ0) is 13.2. The summed E-state index contributed by atoms with van der Waals surface area (Å²) in [5, 5.41) is -0.473. The number of hydrogen-bond donors (Lipinski definition) is 1. The first kappa shape index (κ1) is 13.6. The van der Waals surface area contributed by atoms with Crippen LogP contribution in [0.2, 0.25) is 5.02 Å². The minimum Gasteiger partial charge on any atom is -0.429 e. The van der Waals surface area contributed by atoms with Crippen molar-refractivity contribution in [2.24, 2.45) is 0 Å². The van der Waals surface area contributed by atoms with Crippen LogP contribution in [0.1, 0.15) is 0 Å². The van der Waals surface area contributed by atoms with Gasteiger partial charge >= 0.3 is 13.0 Å². The van der Waals surface area contributed by atoms with Crippen molar-refractivity contribution in [1.29, 1.82) is 0 Å². The van der Waals surface area contributed by atoms with Crippen LogP contribution < -0.4 is 15.2 Å². The number of nitrogens with two attached hydrogens (primary N) is 1. The summed E-state index contributed by atoms with van der Waals surface area (Å²) in [6, 6.07) is 1.99. The fourth-order valence-corrected chi connectivity index (χ4v) is 1.17. The van der Waals surface area contributed by atoms with E-state index in [1.165, 1.54) is 0 Å². The summed E-state index contributed by atoms with van der Waals surface area (Å²) in [6.07, 6.45) is -5.10. The molecule has 0 spiro atoms. The molecule has 3 nitrogen and oxygen atoms in total. The zero-order valence-corrected chi connectivity index (χ0v) is 8.65. The van der Waals surface area contributed by atoms with Gasteiger partial charge in [0.15, 0.2) is 11.5 Å². The first-order valence-corrected chi connectivity index (χ1v) is 4.37. The maximum Gasteiger partial charge on any atom is 0.573 e. The summed E-state index contributed by atoms with van der Waals surface area (Å²) in [5.41, 5.74) is 4.64. The number of rotatable bonds is 3. The number of anilines is 1. The van der Waals surface area contributed by atoms with Crippen molar-refractivity contribution >= 4 is 17.3 Å². The Bertz CT molecular complexity index is 410. The number of ether oxygens (including phenoxy) is 2. The largest absolute Gasteiger partial charge is 0.573 e. The average molecular weight is 278 g/mol. The Morgan fingerprint density at radius 3 is 2.24 bits per heavy atom. The first-order valence-electron chi connectivity index (χ1n) is 3.99. The number of halogens is 6. The molecule has 1 aromatic carbocycles. The van der Waals surface area contributed by atoms with Gasteiger partial charge in [-0.3, -0.25) is 0 Å². The smallest absolute Gasteiger partial charge is 0.429 e. The summed E-state index contributed by atoms with van der Waals surface area (Å²) < 4.78 is 67.3. The third-order valence-corrected chi connectivity index (χ3v) is 1.82. The predicted molar refractivity (Wildman–Crippen MR) is 49.2 cm³/mol. The van der Waals surface area contributed by atoms with Crippen molar-refractivity contribution in [3.05, 3.63) is 17.2 Å². The third-order valence-electron chi connectivity index (χ3n) is 1.52. The number of nitrogen functional groups attached to an aromatic ring is 1. The number of benzene rings is 1. The summed E-state index contributed by atoms with van der Waals surface area (Å²) in [5.74, 6) is -2.05. The quantitative estimate of drug-likeness (QED) is 0.680. The van der Waals surface area contributed by atoms with E-state index in [4.69, 9.17) is 17.3 Å². The molecule has 9 heteroatoms. The molecule has 96 valence electrons. The van der Waals surface area contributed by atoms with E-state index < -0.39 is 35.2 Å². The van der Waals surface area contributed by atoms with Gasteiger partial charge in [0, 0.05) is 0 Å². The second-order valence-corrected chi connectivity index (χ2v) is 3.13. The molecule has 0 heterocycles. The van der Waals surface area contributed by atoms with Gasteiger partial charge in [-0.2, -0.15) is 8.78 Å². The topological polar surface area (TPSA) is 44.5 Å². The lowest BCUT2D eigenvalue weighted by Crippen LogP contribution is -2.19. The van der Waals surface area contributed by atoms with Crippen LogP contribution in [0.5, 0.6) is 11.5 Å². The fraction of sp³-hybridized carbons (Fsp3) is 0.250. The van der Waals surface area contributed by atoms with Crippen LogP contribution in [0.4, 0.5) is 27.6 Å². The minimum atomic E-state index is -5.10. The predicted octanol–water partition coefficient (Wildman–Crippen LogP) is 3.42. The number of hydrogen-bond acceptors (Lipinski definition) is 3. The molecule has 0 aliphatic heterocycles. The van der Waals surface area contributed by atoms with Gasteiger partial charge in [-0.1, -0.05) is 11.6 Å². The van der Waals surface area contributed by atoms with E-state index in [2.05, 4.69) is 9.47 Å². The molecule has 17 heavy (non-hydrogen) atoms. The molecule has 0 aromatic heterocycles. The monoisotopic (exact) mass is 277 g/mol. The van der Waals surface area contributed by atoms with Gasteiger partial charge in [-0.25, -0.2) is 0 Å². The molecule has 0 atom stereocenters. The summed E-state index contributed by atoms with van der Waals surface area (Å²) in [7, 11) is 0. The molecular weight excluding hydrogens is 273 g/mol. The Labute approximate surface area is 96.9 Å². The van der Waals surface area contributed by atoms with E-state index in [1.807, 2.05) is 0 Å². The molecule has 0 fully saturated rings. The van der Waals surface area contributed by atoms with Gasteiger partial charge in [-0.15, -0.1) is 13.2 Å². The van der Waals surface area contributed by atoms with E-state index in [1.54, 1.807) is 0 Å². The molecule has 0 aliphatic rings. The van der Waals surface area contributed by atoms with Crippen molar-refractivity contribution in [3.8, 4) is 11.5 Å². The SMILES string of the molecule is Nc1ccc(Cl)c(OC(F)F)c1OC(F)(F)F. The maximum absolute atomic E-state index is 12.0. The Balaban J connectivity index is 3.20. The third kappa shape index (κ3) is 3.81. The lowest BCUT2D eigenvalue weighted by molar-refractivity contribution is -0.275. The van der Waals surface area contributed by atoms with Crippen LogP contribution in [0, 0.1) is 0 Å². The molecule has 2 N–H and O–H groups in total. The molecule has 0 saturated heterocycles. The zero-order valence-electron chi connectivity index (χ0n) is 7.89. The van der Waals surface area contributed by atoms with Crippen LogP contribution in [-0.4, -0.2) is 13.0 Å². The van der Waals surface area contributed by atoms with E-state index in [0.29, 0.717) is 0 Å². The Morgan fingerprint density at radius 1 is 1.18 bits per heavy atom. The first-order chi connectivity index (χ1) is 7.70. The number of alkyl halides is 5. The standard InChI is InChI=1S/C8H5ClF5NO2/c9-3-1-2-4(15)6(17-8(12,13)14)5(3)16-7(10)11/h1-2,7H,15H2. The second kappa shape index (κ2) is 4.82. The average Bonchev–Trinajstić information content (AvgIpc) is 2.15. The molecule has 0 amide bonds. The highest BCUT2D eigenvalue weighted by atomic mass is 35.5. The van der Waals surface area contributed by atoms with Gasteiger partial charge in [0.2, 0.25) is 0 Å². The fourth-order valence-electron chi connectivity index (χ4n) is 0.974. The van der Waals surface area contributed by atoms with E-state index >= 15 is 0 Å². The summed E-state index contributed by atoms with van der Waals surface area (Å²) in [6.45, 7) is -3.36. The summed E-state index contributed by atoms with van der Waals surface area (Å²) >= 11 is 5.41. The Morgan fingerprint density at radius 2 is 1.76 bits per heavy atom. The highest BCUT2D eigenvalue weighted by Crippen LogP contribution is 2.43. The van der Waals surface area contributed by atoms with Crippen molar-refractivity contribution in [2.45, 2.75) is 13.0 Å². The minimum absolute atomic E-state index is 0.473. The van der Waals surface area contributed by atoms with Crippen LogP contribution in [0.3, 0.4) is 0 Å². The highest BCUT2D eigenvalue weighted by Gasteiger charge is 2.34. The highest BCUT2D eigenvalue weighted by molar-refractivity contribution is 6.32. The van der Waals surface area contributed by atoms with Gasteiger partial charge in [0.05, 0.1) is 10.7 Å². The second-order valence-electron chi connectivity index (χ2n) is 2.72. The van der Waals surface area contributed by atoms with Crippen molar-refractivity contribution in [1.82, 2.24) is 0 Å². The van der Waals surface area contributed by atoms with Crippen molar-refractivity contribution < 1.29 is 31.4 Å².